The fourth-order valence-electron chi connectivity index (χ4n) is 2.15. The Morgan fingerprint density at radius 2 is 2.04 bits per heavy atom. The molecule has 0 radical (unpaired) electrons. The number of rotatable bonds is 8. The van der Waals surface area contributed by atoms with Crippen molar-refractivity contribution in [3.8, 4) is 0 Å². The van der Waals surface area contributed by atoms with Crippen LogP contribution in [0, 0.1) is 10.1 Å². The first-order valence-electron chi connectivity index (χ1n) is 8.31. The van der Waals surface area contributed by atoms with Gasteiger partial charge < -0.3 is 10.6 Å². The molecule has 25 heavy (non-hydrogen) atoms. The molecule has 0 aliphatic rings. The van der Waals surface area contributed by atoms with Crippen LogP contribution in [0.3, 0.4) is 0 Å². The topological polar surface area (TPSA) is 92.5 Å². The number of nitrogens with one attached hydrogen (secondary N) is 2. The molecule has 0 saturated carbocycles. The zero-order valence-corrected chi connectivity index (χ0v) is 15.3. The van der Waals surface area contributed by atoms with E-state index in [0.717, 1.165) is 42.5 Å². The van der Waals surface area contributed by atoms with Crippen LogP contribution in [0.1, 0.15) is 29.3 Å². The van der Waals surface area contributed by atoms with Crippen LogP contribution >= 0.6 is 11.3 Å². The zero-order valence-electron chi connectivity index (χ0n) is 14.5. The second-order valence-electron chi connectivity index (χ2n) is 5.37. The van der Waals surface area contributed by atoms with E-state index in [1.165, 1.54) is 17.0 Å². The highest BCUT2D eigenvalue weighted by Crippen LogP contribution is 2.14. The molecule has 0 aliphatic heterocycles. The number of guanidine groups is 1. The first-order chi connectivity index (χ1) is 12.1. The maximum Gasteiger partial charge on any atom is 0.269 e. The highest BCUT2D eigenvalue weighted by molar-refractivity contribution is 7.11. The molecule has 8 heteroatoms. The van der Waals surface area contributed by atoms with E-state index >= 15 is 0 Å². The van der Waals surface area contributed by atoms with Crippen LogP contribution in [0.4, 0.5) is 5.69 Å². The molecular formula is C17H23N5O2S. The van der Waals surface area contributed by atoms with Gasteiger partial charge in [0.05, 0.1) is 16.5 Å². The van der Waals surface area contributed by atoms with Crippen LogP contribution in [0.5, 0.6) is 0 Å². The van der Waals surface area contributed by atoms with Gasteiger partial charge in [0.2, 0.25) is 0 Å². The van der Waals surface area contributed by atoms with E-state index in [-0.39, 0.29) is 5.69 Å². The minimum Gasteiger partial charge on any atom is -0.357 e. The average Bonchev–Trinajstić information content (AvgIpc) is 3.08. The summed E-state index contributed by atoms with van der Waals surface area (Å²) < 4.78 is 0. The number of hydrogen-bond donors (Lipinski definition) is 2. The minimum atomic E-state index is -0.402. The summed E-state index contributed by atoms with van der Waals surface area (Å²) in [5.41, 5.74) is 1.02. The van der Waals surface area contributed by atoms with Gasteiger partial charge in [-0.3, -0.25) is 10.1 Å². The lowest BCUT2D eigenvalue weighted by Crippen LogP contribution is -2.38. The molecule has 1 heterocycles. The lowest BCUT2D eigenvalue weighted by molar-refractivity contribution is -0.384. The van der Waals surface area contributed by atoms with E-state index in [2.05, 4.69) is 27.5 Å². The summed E-state index contributed by atoms with van der Waals surface area (Å²) in [6.45, 7) is 6.12. The van der Waals surface area contributed by atoms with Crippen molar-refractivity contribution in [1.29, 1.82) is 0 Å². The Hall–Kier alpha value is -2.48. The molecule has 0 spiro atoms. The van der Waals surface area contributed by atoms with Crippen molar-refractivity contribution in [2.24, 2.45) is 4.99 Å². The van der Waals surface area contributed by atoms with Gasteiger partial charge in [0.25, 0.3) is 5.69 Å². The number of aryl methyl sites for hydroxylation is 1. The highest BCUT2D eigenvalue weighted by atomic mass is 32.1. The van der Waals surface area contributed by atoms with E-state index in [4.69, 9.17) is 0 Å². The second kappa shape index (κ2) is 9.73. The largest absolute Gasteiger partial charge is 0.357 e. The third kappa shape index (κ3) is 6.15. The Kier molecular flexibility index (Phi) is 7.34. The van der Waals surface area contributed by atoms with Gasteiger partial charge in [-0.1, -0.05) is 19.1 Å². The third-order valence-corrected chi connectivity index (χ3v) is 4.69. The van der Waals surface area contributed by atoms with Gasteiger partial charge in [0.15, 0.2) is 5.96 Å². The van der Waals surface area contributed by atoms with Crippen LogP contribution in [-0.4, -0.2) is 29.0 Å². The van der Waals surface area contributed by atoms with Crippen LogP contribution in [-0.2, 0) is 19.4 Å². The van der Waals surface area contributed by atoms with Gasteiger partial charge in [-0.2, -0.15) is 0 Å². The average molecular weight is 361 g/mol. The normalized spacial score (nSPS) is 11.4. The van der Waals surface area contributed by atoms with Gasteiger partial charge in [-0.25, -0.2) is 9.98 Å². The molecule has 0 atom stereocenters. The molecule has 1 aromatic heterocycles. The summed E-state index contributed by atoms with van der Waals surface area (Å²) in [6, 6.07) is 6.46. The van der Waals surface area contributed by atoms with Crippen LogP contribution in [0.25, 0.3) is 0 Å². The van der Waals surface area contributed by atoms with Crippen molar-refractivity contribution < 1.29 is 4.92 Å². The van der Waals surface area contributed by atoms with Crippen molar-refractivity contribution in [2.45, 2.75) is 33.2 Å². The number of thiazole rings is 1. The van der Waals surface area contributed by atoms with E-state index in [0.29, 0.717) is 6.54 Å². The first-order valence-corrected chi connectivity index (χ1v) is 9.13. The van der Waals surface area contributed by atoms with Gasteiger partial charge >= 0.3 is 0 Å². The fourth-order valence-corrected chi connectivity index (χ4v) is 3.01. The number of nitro benzene ring substituents is 1. The minimum absolute atomic E-state index is 0.0904. The molecular weight excluding hydrogens is 338 g/mol. The van der Waals surface area contributed by atoms with Crippen LogP contribution in [0.15, 0.2) is 35.5 Å². The number of hydrogen-bond acceptors (Lipinski definition) is 5. The number of aliphatic imine (C=N–C) groups is 1. The Morgan fingerprint density at radius 3 is 2.64 bits per heavy atom. The fraction of sp³-hybridized carbons (Fsp3) is 0.412. The quantitative estimate of drug-likeness (QED) is 0.326. The van der Waals surface area contributed by atoms with Crippen molar-refractivity contribution >= 4 is 23.0 Å². The zero-order chi connectivity index (χ0) is 18.1. The Bertz CT molecular complexity index is 712. The van der Waals surface area contributed by atoms with Crippen molar-refractivity contribution in [1.82, 2.24) is 15.6 Å². The predicted octanol–water partition coefficient (Wildman–Crippen LogP) is 2.91. The number of nitro groups is 1. The monoisotopic (exact) mass is 361 g/mol. The molecule has 134 valence electrons. The summed E-state index contributed by atoms with van der Waals surface area (Å²) in [6.07, 6.45) is 3.81. The summed E-state index contributed by atoms with van der Waals surface area (Å²) in [4.78, 5) is 20.5. The van der Waals surface area contributed by atoms with Gasteiger partial charge in [0, 0.05) is 42.7 Å². The lowest BCUT2D eigenvalue weighted by atomic mass is 10.2. The molecule has 0 unspecified atom stereocenters. The van der Waals surface area contributed by atoms with Gasteiger partial charge in [-0.15, -0.1) is 11.3 Å². The molecule has 1 aromatic carbocycles. The Balaban J connectivity index is 1.87. The van der Waals surface area contributed by atoms with E-state index in [1.54, 1.807) is 23.5 Å². The molecule has 0 fully saturated rings. The van der Waals surface area contributed by atoms with Crippen molar-refractivity contribution in [3.63, 3.8) is 0 Å². The molecule has 0 amide bonds. The summed E-state index contributed by atoms with van der Waals surface area (Å²) in [7, 11) is 0. The summed E-state index contributed by atoms with van der Waals surface area (Å²) in [5.74, 6) is 0.730. The van der Waals surface area contributed by atoms with Gasteiger partial charge in [0.1, 0.15) is 0 Å². The highest BCUT2D eigenvalue weighted by Gasteiger charge is 2.05. The Labute approximate surface area is 151 Å². The number of benzene rings is 1. The maximum atomic E-state index is 10.7. The maximum absolute atomic E-state index is 10.7. The third-order valence-electron chi connectivity index (χ3n) is 3.49. The molecule has 2 N–H and O–H groups in total. The van der Waals surface area contributed by atoms with E-state index in [9.17, 15) is 10.1 Å². The first kappa shape index (κ1) is 18.9. The lowest BCUT2D eigenvalue weighted by Gasteiger charge is -2.10. The van der Waals surface area contributed by atoms with E-state index < -0.39 is 4.92 Å². The SMILES string of the molecule is CCNC(=NCc1ccc([N+](=O)[O-])cc1)NCCc1ncc(CC)s1. The van der Waals surface area contributed by atoms with E-state index in [1.807, 2.05) is 13.1 Å². The Morgan fingerprint density at radius 1 is 1.28 bits per heavy atom. The number of nitrogens with zero attached hydrogens (tertiary/aromatic N) is 3. The molecule has 2 aromatic rings. The predicted molar refractivity (Wildman–Crippen MR) is 101 cm³/mol. The molecule has 7 nitrogen and oxygen atoms in total. The van der Waals surface area contributed by atoms with Crippen LogP contribution in [0.2, 0.25) is 0 Å². The summed E-state index contributed by atoms with van der Waals surface area (Å²) >= 11 is 1.75. The second-order valence-corrected chi connectivity index (χ2v) is 6.57. The molecule has 2 rings (SSSR count). The van der Waals surface area contributed by atoms with Crippen molar-refractivity contribution in [2.75, 3.05) is 13.1 Å². The molecule has 0 bridgehead atoms. The van der Waals surface area contributed by atoms with Crippen LogP contribution < -0.4 is 10.6 Å². The van der Waals surface area contributed by atoms with Gasteiger partial charge in [-0.05, 0) is 18.9 Å². The standard InChI is InChI=1S/C17H23N5O2S/c1-3-15-12-20-16(25-15)9-10-19-17(18-4-2)21-11-13-5-7-14(8-6-13)22(23)24/h5-8,12H,3-4,9-11H2,1-2H3,(H2,18,19,21). The number of non-ortho nitro benzene ring substituents is 1. The molecule has 0 aliphatic carbocycles. The summed E-state index contributed by atoms with van der Waals surface area (Å²) in [5, 5.41) is 18.3. The number of aromatic nitrogens is 1. The van der Waals surface area contributed by atoms with Crippen molar-refractivity contribution in [3.05, 3.63) is 56.0 Å². The molecule has 0 saturated heterocycles. The smallest absolute Gasteiger partial charge is 0.269 e.